The fraction of sp³-hybridized carbons (Fsp3) is 0. The third kappa shape index (κ3) is 4.36. The Balaban J connectivity index is 1.30. The molecule has 2 heterocycles. The Hall–Kier alpha value is -6.64. The quantitative estimate of drug-likeness (QED) is 0.178. The molecule has 0 aliphatic rings. The van der Waals surface area contributed by atoms with Crippen molar-refractivity contribution in [2.75, 3.05) is 0 Å². The first-order valence-corrected chi connectivity index (χ1v) is 17.2. The van der Waals surface area contributed by atoms with E-state index >= 15 is 0 Å². The van der Waals surface area contributed by atoms with Crippen LogP contribution in [-0.4, -0.2) is 9.13 Å². The minimum Gasteiger partial charge on any atom is -0.307 e. The summed E-state index contributed by atoms with van der Waals surface area (Å²) in [5, 5.41) is 4.98. The van der Waals surface area contributed by atoms with E-state index in [0.29, 0.717) is 0 Å². The second-order valence-electron chi connectivity index (χ2n) is 12.9. The minimum absolute atomic E-state index is 1.14. The van der Waals surface area contributed by atoms with Gasteiger partial charge in [0, 0.05) is 27.2 Å². The topological polar surface area (TPSA) is 9.86 Å². The Morgan fingerprint density at radius 2 is 0.840 bits per heavy atom. The Bertz CT molecular complexity index is 2860. The molecule has 50 heavy (non-hydrogen) atoms. The van der Waals surface area contributed by atoms with Gasteiger partial charge in [-0.1, -0.05) is 158 Å². The monoisotopic (exact) mass is 636 g/mol. The largest absolute Gasteiger partial charge is 0.307 e. The molecule has 0 atom stereocenters. The van der Waals surface area contributed by atoms with Gasteiger partial charge >= 0.3 is 0 Å². The SMILES string of the molecule is c1ccc(-c2cccc(-n3c4ccccc4c4cccc(-n5c6ccccc6c6c(-c7ccccc7-c7ccccc7)cccc65)c43)c2)cc1. The van der Waals surface area contributed by atoms with Gasteiger partial charge < -0.3 is 9.13 Å². The molecule has 2 nitrogen and oxygen atoms in total. The lowest BCUT2D eigenvalue weighted by Crippen LogP contribution is -2.01. The van der Waals surface area contributed by atoms with Crippen LogP contribution in [0, 0.1) is 0 Å². The third-order valence-corrected chi connectivity index (χ3v) is 10.1. The zero-order valence-electron chi connectivity index (χ0n) is 27.4. The molecule has 2 aromatic heterocycles. The highest BCUT2D eigenvalue weighted by atomic mass is 15.1. The summed E-state index contributed by atoms with van der Waals surface area (Å²) < 4.78 is 4.94. The maximum absolute atomic E-state index is 2.48. The summed E-state index contributed by atoms with van der Waals surface area (Å²) in [6.45, 7) is 0. The van der Waals surface area contributed by atoms with Crippen molar-refractivity contribution in [2.45, 2.75) is 0 Å². The molecular formula is C48H32N2. The van der Waals surface area contributed by atoms with Gasteiger partial charge in [0.1, 0.15) is 0 Å². The summed E-state index contributed by atoms with van der Waals surface area (Å²) in [6.07, 6.45) is 0. The maximum atomic E-state index is 2.48. The summed E-state index contributed by atoms with van der Waals surface area (Å²) in [5.41, 5.74) is 14.4. The number of nitrogens with zero attached hydrogens (tertiary/aromatic N) is 2. The predicted molar refractivity (Wildman–Crippen MR) is 211 cm³/mol. The van der Waals surface area contributed by atoms with Crippen LogP contribution in [0.25, 0.3) is 88.4 Å². The lowest BCUT2D eigenvalue weighted by atomic mass is 9.92. The third-order valence-electron chi connectivity index (χ3n) is 10.1. The molecule has 0 fully saturated rings. The van der Waals surface area contributed by atoms with Gasteiger partial charge in [0.05, 0.1) is 27.8 Å². The lowest BCUT2D eigenvalue weighted by molar-refractivity contribution is 1.13. The molecule has 0 spiro atoms. The lowest BCUT2D eigenvalue weighted by Gasteiger charge is -2.15. The molecule has 0 saturated carbocycles. The summed E-state index contributed by atoms with van der Waals surface area (Å²) in [5.74, 6) is 0. The van der Waals surface area contributed by atoms with Crippen molar-refractivity contribution in [1.82, 2.24) is 9.13 Å². The van der Waals surface area contributed by atoms with Crippen molar-refractivity contribution in [1.29, 1.82) is 0 Å². The zero-order chi connectivity index (χ0) is 33.0. The molecule has 0 aliphatic carbocycles. The minimum atomic E-state index is 1.14. The maximum Gasteiger partial charge on any atom is 0.0782 e. The van der Waals surface area contributed by atoms with Crippen LogP contribution < -0.4 is 0 Å². The Morgan fingerprint density at radius 3 is 1.64 bits per heavy atom. The summed E-state index contributed by atoms with van der Waals surface area (Å²) in [7, 11) is 0. The van der Waals surface area contributed by atoms with E-state index < -0.39 is 0 Å². The zero-order valence-corrected chi connectivity index (χ0v) is 27.4. The predicted octanol–water partition coefficient (Wildman–Crippen LogP) is 12.9. The van der Waals surface area contributed by atoms with Crippen LogP contribution >= 0.6 is 0 Å². The molecule has 2 heteroatoms. The van der Waals surface area contributed by atoms with Gasteiger partial charge in [-0.2, -0.15) is 0 Å². The van der Waals surface area contributed by atoms with Crippen molar-refractivity contribution < 1.29 is 0 Å². The number of aromatic nitrogens is 2. The van der Waals surface area contributed by atoms with Crippen molar-refractivity contribution in [2.24, 2.45) is 0 Å². The van der Waals surface area contributed by atoms with Crippen molar-refractivity contribution in [3.8, 4) is 44.8 Å². The highest BCUT2D eigenvalue weighted by molar-refractivity contribution is 6.19. The second-order valence-corrected chi connectivity index (χ2v) is 12.9. The summed E-state index contributed by atoms with van der Waals surface area (Å²) in [4.78, 5) is 0. The van der Waals surface area contributed by atoms with Crippen LogP contribution in [0.15, 0.2) is 194 Å². The molecule has 0 bridgehead atoms. The van der Waals surface area contributed by atoms with Gasteiger partial charge in [-0.3, -0.25) is 0 Å². The van der Waals surface area contributed by atoms with E-state index in [0.717, 1.165) is 11.4 Å². The molecule has 0 aliphatic heterocycles. The van der Waals surface area contributed by atoms with Crippen LogP contribution in [0.3, 0.4) is 0 Å². The smallest absolute Gasteiger partial charge is 0.0782 e. The molecule has 0 saturated heterocycles. The number of hydrogen-bond acceptors (Lipinski definition) is 0. The van der Waals surface area contributed by atoms with E-state index in [1.165, 1.54) is 77.0 Å². The molecule has 0 radical (unpaired) electrons. The number of para-hydroxylation sites is 3. The normalized spacial score (nSPS) is 11.6. The van der Waals surface area contributed by atoms with E-state index in [4.69, 9.17) is 0 Å². The van der Waals surface area contributed by atoms with Crippen LogP contribution in [0.4, 0.5) is 0 Å². The van der Waals surface area contributed by atoms with E-state index in [1.54, 1.807) is 0 Å². The number of rotatable bonds is 5. The molecule has 0 unspecified atom stereocenters. The first-order chi connectivity index (χ1) is 24.8. The summed E-state index contributed by atoms with van der Waals surface area (Å²) >= 11 is 0. The van der Waals surface area contributed by atoms with Gasteiger partial charge in [-0.15, -0.1) is 0 Å². The van der Waals surface area contributed by atoms with Crippen LogP contribution in [0.2, 0.25) is 0 Å². The van der Waals surface area contributed by atoms with Crippen molar-refractivity contribution in [3.05, 3.63) is 194 Å². The highest BCUT2D eigenvalue weighted by Gasteiger charge is 2.22. The fourth-order valence-corrected chi connectivity index (χ4v) is 8.00. The first-order valence-electron chi connectivity index (χ1n) is 17.2. The second kappa shape index (κ2) is 11.5. The first kappa shape index (κ1) is 28.4. The average Bonchev–Trinajstić information content (AvgIpc) is 3.72. The van der Waals surface area contributed by atoms with Gasteiger partial charge in [0.25, 0.3) is 0 Å². The van der Waals surface area contributed by atoms with Gasteiger partial charge in [0.2, 0.25) is 0 Å². The molecule has 234 valence electrons. The van der Waals surface area contributed by atoms with Crippen LogP contribution in [-0.2, 0) is 0 Å². The van der Waals surface area contributed by atoms with Crippen molar-refractivity contribution >= 4 is 43.6 Å². The van der Waals surface area contributed by atoms with Gasteiger partial charge in [-0.05, 0) is 69.8 Å². The van der Waals surface area contributed by atoms with E-state index in [2.05, 4.69) is 203 Å². The van der Waals surface area contributed by atoms with E-state index in [9.17, 15) is 0 Å². The van der Waals surface area contributed by atoms with Gasteiger partial charge in [-0.25, -0.2) is 0 Å². The average molecular weight is 637 g/mol. The van der Waals surface area contributed by atoms with Crippen LogP contribution in [0.5, 0.6) is 0 Å². The number of hydrogen-bond donors (Lipinski definition) is 0. The number of fused-ring (bicyclic) bond motifs is 6. The number of benzene rings is 8. The standard InChI is InChI=1S/C48H32N2/c1-3-16-33(17-4-1)35-20-13-21-36(32-35)49-43-28-11-9-24-39(43)41-27-15-31-46(48(41)49)50-44-29-12-10-25-42(44)47-40(26-14-30-45(47)50)38-23-8-7-22-37(38)34-18-5-2-6-19-34/h1-32H. The van der Waals surface area contributed by atoms with E-state index in [1.807, 2.05) is 0 Å². The molecule has 0 N–H and O–H groups in total. The summed E-state index contributed by atoms with van der Waals surface area (Å²) in [6, 6.07) is 70.3. The fourth-order valence-electron chi connectivity index (χ4n) is 8.00. The molecular weight excluding hydrogens is 605 g/mol. The molecule has 0 amide bonds. The molecule has 8 aromatic carbocycles. The highest BCUT2D eigenvalue weighted by Crippen LogP contribution is 2.44. The molecule has 10 aromatic rings. The van der Waals surface area contributed by atoms with Gasteiger partial charge in [0.15, 0.2) is 0 Å². The Labute approximate surface area is 290 Å². The Morgan fingerprint density at radius 1 is 0.300 bits per heavy atom. The van der Waals surface area contributed by atoms with Crippen molar-refractivity contribution in [3.63, 3.8) is 0 Å². The van der Waals surface area contributed by atoms with E-state index in [-0.39, 0.29) is 0 Å². The van der Waals surface area contributed by atoms with Crippen LogP contribution in [0.1, 0.15) is 0 Å². The molecule has 10 rings (SSSR count). The Kier molecular flexibility index (Phi) is 6.53.